The smallest absolute Gasteiger partial charge is 0.339 e. The quantitative estimate of drug-likeness (QED) is 0.325. The molecule has 0 aliphatic carbocycles. The normalized spacial score (nSPS) is 12.6. The Morgan fingerprint density at radius 1 is 1.12 bits per heavy atom. The summed E-state index contributed by atoms with van der Waals surface area (Å²) in [6, 6.07) is 13.7. The SMILES string of the molecule is C=C(CCOCc1ccccc1)CCOc1c(Br)ccc2c1COC2=O. The van der Waals surface area contributed by atoms with Gasteiger partial charge in [0.15, 0.2) is 0 Å². The molecule has 0 aromatic heterocycles. The van der Waals surface area contributed by atoms with Gasteiger partial charge in [-0.25, -0.2) is 4.79 Å². The minimum Gasteiger partial charge on any atom is -0.492 e. The minimum atomic E-state index is -0.294. The maximum Gasteiger partial charge on any atom is 0.339 e. The Kier molecular flexibility index (Phi) is 6.47. The summed E-state index contributed by atoms with van der Waals surface area (Å²) in [4.78, 5) is 11.6. The van der Waals surface area contributed by atoms with Crippen LogP contribution in [-0.4, -0.2) is 19.2 Å². The number of esters is 1. The lowest BCUT2D eigenvalue weighted by Gasteiger charge is -2.12. The molecule has 5 heteroatoms. The summed E-state index contributed by atoms with van der Waals surface area (Å²) >= 11 is 3.48. The fourth-order valence-corrected chi connectivity index (χ4v) is 3.19. The Balaban J connectivity index is 1.40. The van der Waals surface area contributed by atoms with Gasteiger partial charge in [-0.3, -0.25) is 0 Å². The van der Waals surface area contributed by atoms with Crippen molar-refractivity contribution in [1.29, 1.82) is 0 Å². The van der Waals surface area contributed by atoms with Crippen LogP contribution < -0.4 is 4.74 Å². The summed E-state index contributed by atoms with van der Waals surface area (Å²) in [6.45, 7) is 6.10. The lowest BCUT2D eigenvalue weighted by atomic mass is 10.1. The van der Waals surface area contributed by atoms with Crippen molar-refractivity contribution < 1.29 is 19.0 Å². The van der Waals surface area contributed by atoms with Gasteiger partial charge in [0.2, 0.25) is 0 Å². The number of hydrogen-bond acceptors (Lipinski definition) is 4. The van der Waals surface area contributed by atoms with Crippen LogP contribution in [0.15, 0.2) is 59.1 Å². The fraction of sp³-hybridized carbons (Fsp3) is 0.286. The Bertz CT molecular complexity index is 786. The molecule has 0 atom stereocenters. The van der Waals surface area contributed by atoms with Crippen molar-refractivity contribution in [3.63, 3.8) is 0 Å². The van der Waals surface area contributed by atoms with Gasteiger partial charge in [0.25, 0.3) is 0 Å². The van der Waals surface area contributed by atoms with E-state index in [2.05, 4.69) is 22.5 Å². The highest BCUT2D eigenvalue weighted by Crippen LogP contribution is 2.36. The first kappa shape index (κ1) is 18.7. The van der Waals surface area contributed by atoms with Crippen molar-refractivity contribution in [3.05, 3.63) is 75.8 Å². The van der Waals surface area contributed by atoms with Crippen LogP contribution in [0, 0.1) is 0 Å². The third-order valence-corrected chi connectivity index (χ3v) is 4.82. The predicted octanol–water partition coefficient (Wildman–Crippen LogP) is 5.05. The van der Waals surface area contributed by atoms with Crippen LogP contribution in [0.2, 0.25) is 0 Å². The predicted molar refractivity (Wildman–Crippen MR) is 103 cm³/mol. The van der Waals surface area contributed by atoms with Crippen LogP contribution in [0.4, 0.5) is 0 Å². The van der Waals surface area contributed by atoms with Gasteiger partial charge in [0, 0.05) is 12.0 Å². The van der Waals surface area contributed by atoms with Gasteiger partial charge in [0.05, 0.1) is 29.9 Å². The molecule has 1 aliphatic heterocycles. The van der Waals surface area contributed by atoms with Crippen molar-refractivity contribution in [1.82, 2.24) is 0 Å². The first-order valence-corrected chi connectivity index (χ1v) is 9.34. The van der Waals surface area contributed by atoms with Gasteiger partial charge in [-0.05, 0) is 40.0 Å². The number of benzene rings is 2. The third kappa shape index (κ3) is 4.74. The highest BCUT2D eigenvalue weighted by molar-refractivity contribution is 9.10. The van der Waals surface area contributed by atoms with Crippen molar-refractivity contribution in [3.8, 4) is 5.75 Å². The lowest BCUT2D eigenvalue weighted by molar-refractivity contribution is 0.0534. The summed E-state index contributed by atoms with van der Waals surface area (Å²) in [5, 5.41) is 0. The van der Waals surface area contributed by atoms with Gasteiger partial charge in [0.1, 0.15) is 12.4 Å². The zero-order valence-corrected chi connectivity index (χ0v) is 16.1. The summed E-state index contributed by atoms with van der Waals surface area (Å²) in [5.41, 5.74) is 3.63. The zero-order valence-electron chi connectivity index (χ0n) is 14.5. The molecule has 1 aliphatic rings. The highest BCUT2D eigenvalue weighted by atomic mass is 79.9. The van der Waals surface area contributed by atoms with E-state index in [0.717, 1.165) is 28.5 Å². The molecule has 0 N–H and O–H groups in total. The standard InChI is InChI=1S/C21H21BrO4/c1-15(9-11-24-13-16-5-3-2-4-6-16)10-12-25-20-18-14-26-21(23)17(18)7-8-19(20)22/h2-8H,1,9-14H2. The molecular weight excluding hydrogens is 396 g/mol. The molecule has 2 aromatic carbocycles. The van der Waals surface area contributed by atoms with Crippen LogP contribution in [-0.2, 0) is 22.7 Å². The third-order valence-electron chi connectivity index (χ3n) is 4.19. The first-order chi connectivity index (χ1) is 12.6. The summed E-state index contributed by atoms with van der Waals surface area (Å²) < 4.78 is 17.5. The van der Waals surface area contributed by atoms with E-state index in [1.807, 2.05) is 36.4 Å². The van der Waals surface area contributed by atoms with Gasteiger partial charge in [-0.2, -0.15) is 0 Å². The zero-order chi connectivity index (χ0) is 18.4. The van der Waals surface area contributed by atoms with Crippen molar-refractivity contribution >= 4 is 21.9 Å². The largest absolute Gasteiger partial charge is 0.492 e. The average molecular weight is 417 g/mol. The molecule has 0 saturated heterocycles. The molecule has 1 heterocycles. The highest BCUT2D eigenvalue weighted by Gasteiger charge is 2.26. The molecule has 3 rings (SSSR count). The van der Waals surface area contributed by atoms with E-state index >= 15 is 0 Å². The van der Waals surface area contributed by atoms with Crippen molar-refractivity contribution in [2.45, 2.75) is 26.1 Å². The van der Waals surface area contributed by atoms with Crippen molar-refractivity contribution in [2.75, 3.05) is 13.2 Å². The number of hydrogen-bond donors (Lipinski definition) is 0. The summed E-state index contributed by atoms with van der Waals surface area (Å²) in [7, 11) is 0. The van der Waals surface area contributed by atoms with E-state index in [0.29, 0.717) is 31.1 Å². The van der Waals surface area contributed by atoms with E-state index in [-0.39, 0.29) is 12.6 Å². The van der Waals surface area contributed by atoms with E-state index in [9.17, 15) is 4.79 Å². The first-order valence-electron chi connectivity index (χ1n) is 8.55. The van der Waals surface area contributed by atoms with E-state index in [1.165, 1.54) is 5.56 Å². The number of rotatable bonds is 9. The second-order valence-corrected chi connectivity index (χ2v) is 6.97. The average Bonchev–Trinajstić information content (AvgIpc) is 3.02. The molecule has 0 amide bonds. The van der Waals surface area contributed by atoms with Gasteiger partial charge in [-0.1, -0.05) is 42.5 Å². The number of cyclic esters (lactones) is 1. The number of halogens is 1. The Morgan fingerprint density at radius 2 is 1.88 bits per heavy atom. The van der Waals surface area contributed by atoms with Crippen LogP contribution in [0.5, 0.6) is 5.75 Å². The second kappa shape index (κ2) is 9.01. The molecule has 0 radical (unpaired) electrons. The molecule has 136 valence electrons. The molecular formula is C21H21BrO4. The van der Waals surface area contributed by atoms with Crippen LogP contribution >= 0.6 is 15.9 Å². The summed E-state index contributed by atoms with van der Waals surface area (Å²) in [5.74, 6) is 0.388. The molecule has 0 fully saturated rings. The molecule has 4 nitrogen and oxygen atoms in total. The number of fused-ring (bicyclic) bond motifs is 1. The number of carbonyl (C=O) groups is 1. The second-order valence-electron chi connectivity index (χ2n) is 6.12. The van der Waals surface area contributed by atoms with Crippen LogP contribution in [0.25, 0.3) is 0 Å². The fourth-order valence-electron chi connectivity index (χ4n) is 2.71. The van der Waals surface area contributed by atoms with Gasteiger partial charge in [-0.15, -0.1) is 0 Å². The van der Waals surface area contributed by atoms with Gasteiger partial charge < -0.3 is 14.2 Å². The Labute approximate surface area is 161 Å². The Morgan fingerprint density at radius 3 is 2.69 bits per heavy atom. The topological polar surface area (TPSA) is 44.8 Å². The molecule has 26 heavy (non-hydrogen) atoms. The monoisotopic (exact) mass is 416 g/mol. The maximum absolute atomic E-state index is 11.6. The Hall–Kier alpha value is -2.11. The van der Waals surface area contributed by atoms with E-state index < -0.39 is 0 Å². The lowest BCUT2D eigenvalue weighted by Crippen LogP contribution is -2.04. The number of carbonyl (C=O) groups excluding carboxylic acids is 1. The maximum atomic E-state index is 11.6. The molecule has 0 unspecified atom stereocenters. The van der Waals surface area contributed by atoms with E-state index in [4.69, 9.17) is 14.2 Å². The van der Waals surface area contributed by atoms with E-state index in [1.54, 1.807) is 6.07 Å². The molecule has 0 spiro atoms. The summed E-state index contributed by atoms with van der Waals surface area (Å²) in [6.07, 6.45) is 1.53. The number of ether oxygens (including phenoxy) is 3. The molecule has 0 saturated carbocycles. The van der Waals surface area contributed by atoms with Crippen LogP contribution in [0.1, 0.15) is 34.3 Å². The molecule has 0 bridgehead atoms. The van der Waals surface area contributed by atoms with Crippen molar-refractivity contribution in [2.24, 2.45) is 0 Å². The minimum absolute atomic E-state index is 0.261. The molecule has 2 aromatic rings. The van der Waals surface area contributed by atoms with Gasteiger partial charge >= 0.3 is 5.97 Å². The van der Waals surface area contributed by atoms with Crippen LogP contribution in [0.3, 0.4) is 0 Å².